The topological polar surface area (TPSA) is 75.3 Å². The molecule has 0 fully saturated rings. The molecule has 5 nitrogen and oxygen atoms in total. The third-order valence-corrected chi connectivity index (χ3v) is 5.63. The third kappa shape index (κ3) is 4.48. The molecule has 0 unspecified atom stereocenters. The maximum Gasteiger partial charge on any atom is 0.261 e. The average molecular weight is 401 g/mol. The van der Waals surface area contributed by atoms with Crippen molar-refractivity contribution in [3.8, 4) is 0 Å². The van der Waals surface area contributed by atoms with Crippen molar-refractivity contribution < 1.29 is 13.2 Å². The van der Waals surface area contributed by atoms with Crippen molar-refractivity contribution >= 4 is 38.9 Å². The smallest absolute Gasteiger partial charge is 0.261 e. The van der Waals surface area contributed by atoms with Gasteiger partial charge in [-0.25, -0.2) is 8.42 Å². The van der Waals surface area contributed by atoms with E-state index in [1.807, 2.05) is 0 Å². The molecule has 0 atom stereocenters. The molecule has 0 saturated carbocycles. The first-order valence-corrected chi connectivity index (χ1v) is 9.97. The molecule has 0 saturated heterocycles. The van der Waals surface area contributed by atoms with Crippen molar-refractivity contribution in [3.05, 3.63) is 88.9 Å². The van der Waals surface area contributed by atoms with Crippen LogP contribution in [-0.2, 0) is 10.0 Å². The van der Waals surface area contributed by atoms with Crippen LogP contribution < -0.4 is 10.0 Å². The van der Waals surface area contributed by atoms with Gasteiger partial charge in [0, 0.05) is 5.56 Å². The molecule has 7 heteroatoms. The minimum atomic E-state index is -3.75. The summed E-state index contributed by atoms with van der Waals surface area (Å²) >= 11 is 6.06. The fraction of sp³-hybridized carbons (Fsp3) is 0.0500. The fourth-order valence-corrected chi connectivity index (χ4v) is 3.76. The largest absolute Gasteiger partial charge is 0.321 e. The predicted molar refractivity (Wildman–Crippen MR) is 108 cm³/mol. The van der Waals surface area contributed by atoms with E-state index in [4.69, 9.17) is 11.6 Å². The highest BCUT2D eigenvalue weighted by Gasteiger charge is 2.16. The van der Waals surface area contributed by atoms with Crippen LogP contribution in [0.5, 0.6) is 0 Å². The number of aryl methyl sites for hydroxylation is 1. The van der Waals surface area contributed by atoms with Crippen LogP contribution >= 0.6 is 11.6 Å². The van der Waals surface area contributed by atoms with Gasteiger partial charge in [0.2, 0.25) is 0 Å². The Bertz CT molecular complexity index is 1080. The average Bonchev–Trinajstić information content (AvgIpc) is 2.66. The zero-order valence-electron chi connectivity index (χ0n) is 14.4. The molecule has 27 heavy (non-hydrogen) atoms. The first-order valence-electron chi connectivity index (χ1n) is 8.11. The Labute approximate surface area is 163 Å². The lowest BCUT2D eigenvalue weighted by Crippen LogP contribution is -2.16. The fourth-order valence-electron chi connectivity index (χ4n) is 2.43. The molecule has 0 aliphatic heterocycles. The van der Waals surface area contributed by atoms with Crippen LogP contribution in [0.2, 0.25) is 5.02 Å². The summed E-state index contributed by atoms with van der Waals surface area (Å²) in [4.78, 5) is 12.7. The highest BCUT2D eigenvalue weighted by Crippen LogP contribution is 2.24. The highest BCUT2D eigenvalue weighted by molar-refractivity contribution is 7.92. The highest BCUT2D eigenvalue weighted by atomic mass is 35.5. The number of carbonyl (C=O) groups is 1. The molecule has 1 amide bonds. The zero-order valence-corrected chi connectivity index (χ0v) is 16.0. The zero-order chi connectivity index (χ0) is 19.4. The van der Waals surface area contributed by atoms with E-state index in [0.717, 1.165) is 0 Å². The second kappa shape index (κ2) is 7.82. The minimum absolute atomic E-state index is 0.148. The molecule has 2 N–H and O–H groups in total. The standard InChI is InChI=1S/C20H17ClN2O3S/c1-14-11-12-15(20(24)22-18-10-6-5-9-17(18)21)13-19(14)23-27(25,26)16-7-3-2-4-8-16/h2-13,23H,1H3,(H,22,24). The summed E-state index contributed by atoms with van der Waals surface area (Å²) in [6.07, 6.45) is 0. The van der Waals surface area contributed by atoms with Gasteiger partial charge in [-0.2, -0.15) is 0 Å². The summed E-state index contributed by atoms with van der Waals surface area (Å²) in [6.45, 7) is 1.76. The SMILES string of the molecule is Cc1ccc(C(=O)Nc2ccccc2Cl)cc1NS(=O)(=O)c1ccccc1. The third-order valence-electron chi connectivity index (χ3n) is 3.92. The Kier molecular flexibility index (Phi) is 5.48. The Morgan fingerprint density at radius 2 is 1.56 bits per heavy atom. The maximum absolute atomic E-state index is 12.5. The summed E-state index contributed by atoms with van der Waals surface area (Å²) in [7, 11) is -3.75. The van der Waals surface area contributed by atoms with E-state index in [2.05, 4.69) is 10.0 Å². The van der Waals surface area contributed by atoms with Crippen molar-refractivity contribution in [1.82, 2.24) is 0 Å². The van der Waals surface area contributed by atoms with E-state index < -0.39 is 10.0 Å². The predicted octanol–water partition coefficient (Wildman–Crippen LogP) is 4.70. The Balaban J connectivity index is 1.86. The van der Waals surface area contributed by atoms with Gasteiger partial charge in [0.25, 0.3) is 15.9 Å². The monoisotopic (exact) mass is 400 g/mol. The number of amides is 1. The first kappa shape index (κ1) is 18.9. The van der Waals surface area contributed by atoms with Crippen molar-refractivity contribution in [2.75, 3.05) is 10.0 Å². The molecule has 0 spiro atoms. The summed E-state index contributed by atoms with van der Waals surface area (Å²) in [5.74, 6) is -0.386. The molecule has 0 aliphatic carbocycles. The van der Waals surface area contributed by atoms with Gasteiger partial charge >= 0.3 is 0 Å². The van der Waals surface area contributed by atoms with Gasteiger partial charge < -0.3 is 5.32 Å². The number of hydrogen-bond donors (Lipinski definition) is 2. The van der Waals surface area contributed by atoms with Gasteiger partial charge in [-0.05, 0) is 48.9 Å². The number of hydrogen-bond acceptors (Lipinski definition) is 3. The molecule has 0 aromatic heterocycles. The van der Waals surface area contributed by atoms with E-state index in [1.165, 1.54) is 18.2 Å². The van der Waals surface area contributed by atoms with Crippen LogP contribution in [0.3, 0.4) is 0 Å². The van der Waals surface area contributed by atoms with Crippen LogP contribution in [0, 0.1) is 6.92 Å². The number of para-hydroxylation sites is 1. The van der Waals surface area contributed by atoms with E-state index in [9.17, 15) is 13.2 Å². The summed E-state index contributed by atoms with van der Waals surface area (Å²) < 4.78 is 27.6. The molecule has 3 rings (SSSR count). The van der Waals surface area contributed by atoms with Gasteiger partial charge in [0.15, 0.2) is 0 Å². The number of nitrogens with one attached hydrogen (secondary N) is 2. The van der Waals surface area contributed by atoms with Crippen molar-refractivity contribution in [2.24, 2.45) is 0 Å². The Morgan fingerprint density at radius 1 is 0.889 bits per heavy atom. The molecule has 3 aromatic rings. The van der Waals surface area contributed by atoms with Crippen molar-refractivity contribution in [3.63, 3.8) is 0 Å². The Hall–Kier alpha value is -2.83. The van der Waals surface area contributed by atoms with E-state index >= 15 is 0 Å². The number of benzene rings is 3. The molecule has 0 bridgehead atoms. The number of halogens is 1. The van der Waals surface area contributed by atoms with Crippen molar-refractivity contribution in [2.45, 2.75) is 11.8 Å². The van der Waals surface area contributed by atoms with Crippen LogP contribution in [0.4, 0.5) is 11.4 Å². The van der Waals surface area contributed by atoms with Crippen LogP contribution in [0.15, 0.2) is 77.7 Å². The summed E-state index contributed by atoms with van der Waals surface area (Å²) in [5, 5.41) is 3.14. The number of rotatable bonds is 5. The van der Waals surface area contributed by atoms with Gasteiger partial charge in [0.05, 0.1) is 21.3 Å². The molecule has 0 radical (unpaired) electrons. The summed E-state index contributed by atoms with van der Waals surface area (Å²) in [6, 6.07) is 19.7. The minimum Gasteiger partial charge on any atom is -0.321 e. The number of anilines is 2. The van der Waals surface area contributed by atoms with Gasteiger partial charge in [0.1, 0.15) is 0 Å². The van der Waals surface area contributed by atoms with Gasteiger partial charge in [-0.1, -0.05) is 48.0 Å². The van der Waals surface area contributed by atoms with E-state index in [0.29, 0.717) is 27.5 Å². The maximum atomic E-state index is 12.5. The van der Waals surface area contributed by atoms with E-state index in [1.54, 1.807) is 61.5 Å². The molecule has 0 heterocycles. The molecule has 3 aromatic carbocycles. The lowest BCUT2D eigenvalue weighted by Gasteiger charge is -2.13. The van der Waals surface area contributed by atoms with E-state index in [-0.39, 0.29) is 10.8 Å². The lowest BCUT2D eigenvalue weighted by molar-refractivity contribution is 0.102. The number of carbonyl (C=O) groups excluding carboxylic acids is 1. The second-order valence-electron chi connectivity index (χ2n) is 5.88. The molecular weight excluding hydrogens is 384 g/mol. The second-order valence-corrected chi connectivity index (χ2v) is 7.97. The quantitative estimate of drug-likeness (QED) is 0.651. The normalized spacial score (nSPS) is 11.0. The van der Waals surface area contributed by atoms with Gasteiger partial charge in [-0.3, -0.25) is 9.52 Å². The molecule has 0 aliphatic rings. The molecular formula is C20H17ClN2O3S. The molecule has 138 valence electrons. The lowest BCUT2D eigenvalue weighted by atomic mass is 10.1. The summed E-state index contributed by atoms with van der Waals surface area (Å²) in [5.41, 5.74) is 1.83. The van der Waals surface area contributed by atoms with Crippen LogP contribution in [0.1, 0.15) is 15.9 Å². The van der Waals surface area contributed by atoms with Crippen LogP contribution in [0.25, 0.3) is 0 Å². The number of sulfonamides is 1. The van der Waals surface area contributed by atoms with Crippen LogP contribution in [-0.4, -0.2) is 14.3 Å². The van der Waals surface area contributed by atoms with Crippen molar-refractivity contribution in [1.29, 1.82) is 0 Å². The first-order chi connectivity index (χ1) is 12.9. The van der Waals surface area contributed by atoms with Gasteiger partial charge in [-0.15, -0.1) is 0 Å². The Morgan fingerprint density at radius 3 is 2.26 bits per heavy atom.